The lowest BCUT2D eigenvalue weighted by molar-refractivity contribution is -0.125. The monoisotopic (exact) mass is 324 g/mol. The number of rotatable bonds is 6. The first-order valence-electron chi connectivity index (χ1n) is 9.31. The first-order chi connectivity index (χ1) is 11.7. The lowest BCUT2D eigenvalue weighted by Crippen LogP contribution is -2.23. The maximum Gasteiger partial charge on any atom is 0.136 e. The molecule has 2 heteroatoms. The van der Waals surface area contributed by atoms with Crippen LogP contribution in [0.1, 0.15) is 63.4 Å². The molecule has 0 spiro atoms. The van der Waals surface area contributed by atoms with E-state index in [1.807, 2.05) is 6.07 Å². The molecule has 24 heavy (non-hydrogen) atoms. The van der Waals surface area contributed by atoms with Crippen molar-refractivity contribution in [1.82, 2.24) is 0 Å². The number of hydrogen-bond acceptors (Lipinski definition) is 2. The molecule has 1 aliphatic carbocycles. The third kappa shape index (κ3) is 3.80. The van der Waals surface area contributed by atoms with Crippen LogP contribution in [0.5, 0.6) is 5.75 Å². The summed E-state index contributed by atoms with van der Waals surface area (Å²) in [6, 6.07) is 12.8. The summed E-state index contributed by atoms with van der Waals surface area (Å²) in [4.78, 5) is 12.5. The number of carbonyl (C=O) groups excluding carboxylic acids is 1. The number of methoxy groups -OCH3 is 1. The average molecular weight is 324 g/mol. The Morgan fingerprint density at radius 2 is 1.83 bits per heavy atom. The van der Waals surface area contributed by atoms with Crippen LogP contribution in [0, 0.1) is 5.92 Å². The van der Waals surface area contributed by atoms with Gasteiger partial charge in [-0.05, 0) is 53.6 Å². The molecule has 0 saturated heterocycles. The zero-order valence-electron chi connectivity index (χ0n) is 14.9. The Bertz CT molecular complexity index is 704. The van der Waals surface area contributed by atoms with Gasteiger partial charge in [-0.1, -0.05) is 50.5 Å². The van der Waals surface area contributed by atoms with E-state index in [2.05, 4.69) is 37.3 Å². The van der Waals surface area contributed by atoms with Crippen molar-refractivity contribution in [2.24, 2.45) is 5.92 Å². The molecule has 128 valence electrons. The van der Waals surface area contributed by atoms with Gasteiger partial charge >= 0.3 is 0 Å². The van der Waals surface area contributed by atoms with Crippen molar-refractivity contribution in [3.05, 3.63) is 42.0 Å². The molecule has 0 aromatic heterocycles. The Kier molecular flexibility index (Phi) is 5.55. The summed E-state index contributed by atoms with van der Waals surface area (Å²) < 4.78 is 5.29. The molecular formula is C22H28O2. The molecule has 2 aromatic rings. The van der Waals surface area contributed by atoms with Crippen LogP contribution in [0.15, 0.2) is 36.4 Å². The summed E-state index contributed by atoms with van der Waals surface area (Å²) >= 11 is 0. The average Bonchev–Trinajstić information content (AvgIpc) is 2.62. The van der Waals surface area contributed by atoms with Gasteiger partial charge in [0.1, 0.15) is 11.5 Å². The second-order valence-electron chi connectivity index (χ2n) is 7.11. The van der Waals surface area contributed by atoms with Crippen molar-refractivity contribution in [1.29, 1.82) is 0 Å². The molecule has 2 unspecified atom stereocenters. The Morgan fingerprint density at radius 3 is 2.58 bits per heavy atom. The van der Waals surface area contributed by atoms with E-state index < -0.39 is 0 Å². The van der Waals surface area contributed by atoms with Gasteiger partial charge in [0.25, 0.3) is 0 Å². The lowest BCUT2D eigenvalue weighted by Gasteiger charge is -2.28. The second-order valence-corrected chi connectivity index (χ2v) is 7.11. The summed E-state index contributed by atoms with van der Waals surface area (Å²) in [6.45, 7) is 2.22. The van der Waals surface area contributed by atoms with Gasteiger partial charge in [0, 0.05) is 12.3 Å². The van der Waals surface area contributed by atoms with Gasteiger partial charge in [0.05, 0.1) is 7.11 Å². The van der Waals surface area contributed by atoms with Crippen molar-refractivity contribution in [3.8, 4) is 5.75 Å². The fourth-order valence-electron chi connectivity index (χ4n) is 3.93. The van der Waals surface area contributed by atoms with Crippen molar-refractivity contribution in [3.63, 3.8) is 0 Å². The number of ketones is 1. The van der Waals surface area contributed by atoms with Crippen LogP contribution < -0.4 is 4.74 Å². The SMILES string of the molecule is CCCCCC1CCC(c2ccc3cc(OC)ccc3c2)CC1=O. The van der Waals surface area contributed by atoms with Gasteiger partial charge in [-0.3, -0.25) is 4.79 Å². The van der Waals surface area contributed by atoms with Gasteiger partial charge < -0.3 is 4.74 Å². The normalized spacial score (nSPS) is 21.2. The van der Waals surface area contributed by atoms with Gasteiger partial charge in [-0.15, -0.1) is 0 Å². The van der Waals surface area contributed by atoms with Gasteiger partial charge in [0.15, 0.2) is 0 Å². The molecule has 2 aromatic carbocycles. The van der Waals surface area contributed by atoms with E-state index in [9.17, 15) is 4.79 Å². The summed E-state index contributed by atoms with van der Waals surface area (Å²) in [5.41, 5.74) is 1.31. The van der Waals surface area contributed by atoms with Crippen LogP contribution in [-0.4, -0.2) is 12.9 Å². The predicted octanol–water partition coefficient (Wildman–Crippen LogP) is 5.88. The zero-order valence-corrected chi connectivity index (χ0v) is 14.9. The van der Waals surface area contributed by atoms with Crippen molar-refractivity contribution in [2.45, 2.75) is 57.8 Å². The first-order valence-corrected chi connectivity index (χ1v) is 9.31. The van der Waals surface area contributed by atoms with E-state index in [0.717, 1.165) is 31.4 Å². The van der Waals surface area contributed by atoms with Crippen LogP contribution in [0.25, 0.3) is 10.8 Å². The Balaban J connectivity index is 1.69. The molecule has 0 radical (unpaired) electrons. The Labute approximate surface area is 145 Å². The standard InChI is InChI=1S/C22H28O2/c1-3-4-5-6-16-7-8-20(15-22(16)23)17-9-10-19-14-21(24-2)12-11-18(19)13-17/h9-14,16,20H,3-8,15H2,1-2H3. The van der Waals surface area contributed by atoms with E-state index >= 15 is 0 Å². The molecule has 2 nitrogen and oxygen atoms in total. The van der Waals surface area contributed by atoms with Crippen molar-refractivity contribution in [2.75, 3.05) is 7.11 Å². The highest BCUT2D eigenvalue weighted by atomic mass is 16.5. The molecule has 1 aliphatic rings. The highest BCUT2D eigenvalue weighted by Crippen LogP contribution is 2.37. The van der Waals surface area contributed by atoms with Crippen LogP contribution >= 0.6 is 0 Å². The minimum absolute atomic E-state index is 0.317. The number of carbonyl (C=O) groups is 1. The van der Waals surface area contributed by atoms with Gasteiger partial charge in [0.2, 0.25) is 0 Å². The third-order valence-electron chi connectivity index (χ3n) is 5.47. The largest absolute Gasteiger partial charge is 0.497 e. The van der Waals surface area contributed by atoms with Crippen molar-refractivity contribution >= 4 is 16.6 Å². The topological polar surface area (TPSA) is 26.3 Å². The molecule has 3 rings (SSSR count). The fraction of sp³-hybridized carbons (Fsp3) is 0.500. The summed E-state index contributed by atoms with van der Waals surface area (Å²) in [6.07, 6.45) is 7.70. The summed E-state index contributed by atoms with van der Waals surface area (Å²) in [7, 11) is 1.69. The van der Waals surface area contributed by atoms with Gasteiger partial charge in [-0.25, -0.2) is 0 Å². The predicted molar refractivity (Wildman–Crippen MR) is 99.7 cm³/mol. The van der Waals surface area contributed by atoms with Crippen LogP contribution in [-0.2, 0) is 4.79 Å². The Morgan fingerprint density at radius 1 is 1.04 bits per heavy atom. The summed E-state index contributed by atoms with van der Waals surface area (Å²) in [5, 5.41) is 2.42. The molecule has 1 saturated carbocycles. The molecule has 2 atom stereocenters. The number of Topliss-reactive ketones (excluding diaryl/α,β-unsaturated/α-hetero) is 1. The number of ether oxygens (including phenoxy) is 1. The van der Waals surface area contributed by atoms with Crippen LogP contribution in [0.2, 0.25) is 0 Å². The minimum Gasteiger partial charge on any atom is -0.497 e. The molecule has 0 heterocycles. The number of unbranched alkanes of at least 4 members (excludes halogenated alkanes) is 2. The van der Waals surface area contributed by atoms with E-state index in [1.165, 1.54) is 35.6 Å². The van der Waals surface area contributed by atoms with E-state index in [4.69, 9.17) is 4.74 Å². The molecule has 0 bridgehead atoms. The Hall–Kier alpha value is -1.83. The smallest absolute Gasteiger partial charge is 0.136 e. The quantitative estimate of drug-likeness (QED) is 0.620. The summed E-state index contributed by atoms with van der Waals surface area (Å²) in [5.74, 6) is 2.08. The van der Waals surface area contributed by atoms with Gasteiger partial charge in [-0.2, -0.15) is 0 Å². The number of fused-ring (bicyclic) bond motifs is 1. The highest BCUT2D eigenvalue weighted by molar-refractivity contribution is 5.86. The molecule has 0 amide bonds. The van der Waals surface area contributed by atoms with Crippen molar-refractivity contribution < 1.29 is 9.53 Å². The number of benzene rings is 2. The second kappa shape index (κ2) is 7.83. The maximum absolute atomic E-state index is 12.5. The van der Waals surface area contributed by atoms with Crippen LogP contribution in [0.3, 0.4) is 0 Å². The number of hydrogen-bond donors (Lipinski definition) is 0. The van der Waals surface area contributed by atoms with E-state index in [0.29, 0.717) is 17.6 Å². The third-order valence-corrected chi connectivity index (χ3v) is 5.47. The maximum atomic E-state index is 12.5. The highest BCUT2D eigenvalue weighted by Gasteiger charge is 2.28. The fourth-order valence-corrected chi connectivity index (χ4v) is 3.93. The zero-order chi connectivity index (χ0) is 16.9. The van der Waals surface area contributed by atoms with E-state index in [-0.39, 0.29) is 0 Å². The molecule has 0 aliphatic heterocycles. The molecule has 0 N–H and O–H groups in total. The molecule has 1 fully saturated rings. The van der Waals surface area contributed by atoms with Crippen LogP contribution in [0.4, 0.5) is 0 Å². The molecular weight excluding hydrogens is 296 g/mol. The first kappa shape index (κ1) is 17.0. The lowest BCUT2D eigenvalue weighted by atomic mass is 9.76. The minimum atomic E-state index is 0.317. The van der Waals surface area contributed by atoms with E-state index in [1.54, 1.807) is 7.11 Å².